The maximum atomic E-state index is 11.8. The first-order valence-corrected chi connectivity index (χ1v) is 7.87. The number of nitrogens with zero attached hydrogens (tertiary/aromatic N) is 2. The van der Waals surface area contributed by atoms with Gasteiger partial charge in [0.25, 0.3) is 0 Å². The Morgan fingerprint density at radius 1 is 1.43 bits per heavy atom. The lowest BCUT2D eigenvalue weighted by Crippen LogP contribution is -2.22. The van der Waals surface area contributed by atoms with E-state index in [1.807, 2.05) is 33.1 Å². The molecule has 0 bridgehead atoms. The second kappa shape index (κ2) is 6.39. The van der Waals surface area contributed by atoms with Gasteiger partial charge < -0.3 is 9.84 Å². The van der Waals surface area contributed by atoms with Crippen LogP contribution in [0.15, 0.2) is 16.0 Å². The number of aryl methyl sites for hydroxylation is 2. The van der Waals surface area contributed by atoms with E-state index >= 15 is 0 Å². The summed E-state index contributed by atoms with van der Waals surface area (Å²) in [6.45, 7) is 8.71. The van der Waals surface area contributed by atoms with E-state index in [0.29, 0.717) is 31.1 Å². The molecule has 2 rings (SSSR count). The largest absolute Gasteiger partial charge is 0.351 e. The van der Waals surface area contributed by atoms with Gasteiger partial charge in [0.2, 0.25) is 11.8 Å². The minimum Gasteiger partial charge on any atom is -0.351 e. The third-order valence-corrected chi connectivity index (χ3v) is 4.14. The zero-order valence-electron chi connectivity index (χ0n) is 12.9. The molecule has 0 unspecified atom stereocenters. The van der Waals surface area contributed by atoms with Crippen molar-refractivity contribution in [2.24, 2.45) is 0 Å². The summed E-state index contributed by atoms with van der Waals surface area (Å²) < 4.78 is 5.17. The van der Waals surface area contributed by atoms with Gasteiger partial charge in [0, 0.05) is 23.1 Å². The van der Waals surface area contributed by atoms with Gasteiger partial charge in [-0.15, -0.1) is 11.3 Å². The lowest BCUT2D eigenvalue weighted by atomic mass is 9.96. The summed E-state index contributed by atoms with van der Waals surface area (Å²) in [5.41, 5.74) is 1.08. The Kier molecular flexibility index (Phi) is 4.77. The molecule has 2 aromatic heterocycles. The van der Waals surface area contributed by atoms with Crippen LogP contribution < -0.4 is 5.32 Å². The summed E-state index contributed by atoms with van der Waals surface area (Å²) in [7, 11) is 0. The van der Waals surface area contributed by atoms with Gasteiger partial charge in [-0.2, -0.15) is 4.98 Å². The lowest BCUT2D eigenvalue weighted by Gasteiger charge is -2.10. The first kappa shape index (κ1) is 15.7. The van der Waals surface area contributed by atoms with Crippen molar-refractivity contribution in [1.29, 1.82) is 0 Å². The van der Waals surface area contributed by atoms with Crippen LogP contribution in [0, 0.1) is 6.92 Å². The molecule has 0 fully saturated rings. The van der Waals surface area contributed by atoms with E-state index in [-0.39, 0.29) is 11.3 Å². The first-order chi connectivity index (χ1) is 9.86. The van der Waals surface area contributed by atoms with Crippen LogP contribution in [0.4, 0.5) is 0 Å². The zero-order valence-corrected chi connectivity index (χ0v) is 13.7. The highest BCUT2D eigenvalue weighted by atomic mass is 32.1. The van der Waals surface area contributed by atoms with Crippen LogP contribution in [0.1, 0.15) is 49.3 Å². The summed E-state index contributed by atoms with van der Waals surface area (Å²) in [5.74, 6) is 1.19. The Balaban J connectivity index is 1.79. The van der Waals surface area contributed by atoms with Gasteiger partial charge in [-0.3, -0.25) is 4.79 Å². The standard InChI is InChI=1S/C15H21N3O2S/c1-10-7-8-21-11(10)9-16-12(19)5-6-13-17-14(18-20-13)15(2,3)4/h7-8H,5-6,9H2,1-4H3,(H,16,19). The highest BCUT2D eigenvalue weighted by Gasteiger charge is 2.21. The molecular weight excluding hydrogens is 286 g/mol. The van der Waals surface area contributed by atoms with E-state index < -0.39 is 0 Å². The average Bonchev–Trinajstić information content (AvgIpc) is 3.02. The van der Waals surface area contributed by atoms with Crippen LogP contribution in [-0.2, 0) is 23.2 Å². The van der Waals surface area contributed by atoms with Gasteiger partial charge in [0.15, 0.2) is 5.82 Å². The molecule has 1 amide bonds. The Bertz CT molecular complexity index is 610. The highest BCUT2D eigenvalue weighted by molar-refractivity contribution is 7.10. The van der Waals surface area contributed by atoms with Crippen molar-refractivity contribution in [1.82, 2.24) is 15.5 Å². The predicted octanol–water partition coefficient (Wildman–Crippen LogP) is 2.99. The quantitative estimate of drug-likeness (QED) is 0.922. The van der Waals surface area contributed by atoms with E-state index in [4.69, 9.17) is 4.52 Å². The maximum Gasteiger partial charge on any atom is 0.227 e. The molecule has 0 aliphatic rings. The third kappa shape index (κ3) is 4.39. The third-order valence-electron chi connectivity index (χ3n) is 3.12. The van der Waals surface area contributed by atoms with Crippen molar-refractivity contribution in [2.75, 3.05) is 0 Å². The molecule has 0 aliphatic carbocycles. The molecule has 0 radical (unpaired) electrons. The lowest BCUT2D eigenvalue weighted by molar-refractivity contribution is -0.121. The number of carbonyl (C=O) groups excluding carboxylic acids is 1. The molecule has 6 heteroatoms. The van der Waals surface area contributed by atoms with Gasteiger partial charge in [0.1, 0.15) is 0 Å². The molecule has 1 N–H and O–H groups in total. The molecule has 0 aromatic carbocycles. The number of rotatable bonds is 5. The predicted molar refractivity (Wildman–Crippen MR) is 82.2 cm³/mol. The fraction of sp³-hybridized carbons (Fsp3) is 0.533. The Morgan fingerprint density at radius 2 is 2.19 bits per heavy atom. The second-order valence-electron chi connectivity index (χ2n) is 6.07. The van der Waals surface area contributed by atoms with E-state index in [1.165, 1.54) is 10.4 Å². The number of hydrogen-bond donors (Lipinski definition) is 1. The van der Waals surface area contributed by atoms with Gasteiger partial charge in [-0.05, 0) is 23.9 Å². The van der Waals surface area contributed by atoms with E-state index in [9.17, 15) is 4.79 Å². The van der Waals surface area contributed by atoms with E-state index in [1.54, 1.807) is 11.3 Å². The molecular formula is C15H21N3O2S. The molecule has 114 valence electrons. The number of thiophene rings is 1. The molecule has 21 heavy (non-hydrogen) atoms. The van der Waals surface area contributed by atoms with Crippen LogP contribution in [0.25, 0.3) is 0 Å². The van der Waals surface area contributed by atoms with Gasteiger partial charge >= 0.3 is 0 Å². The van der Waals surface area contributed by atoms with Crippen molar-refractivity contribution >= 4 is 17.2 Å². The molecule has 0 atom stereocenters. The molecule has 0 aliphatic heterocycles. The van der Waals surface area contributed by atoms with Crippen LogP contribution in [-0.4, -0.2) is 16.0 Å². The van der Waals surface area contributed by atoms with Gasteiger partial charge in [0.05, 0.1) is 6.54 Å². The van der Waals surface area contributed by atoms with Crippen LogP contribution in [0.2, 0.25) is 0 Å². The summed E-state index contributed by atoms with van der Waals surface area (Å²) in [4.78, 5) is 17.3. The molecule has 0 spiro atoms. The van der Waals surface area contributed by atoms with Crippen molar-refractivity contribution in [3.05, 3.63) is 33.6 Å². The number of carbonyl (C=O) groups is 1. The Labute approximate surface area is 128 Å². The first-order valence-electron chi connectivity index (χ1n) is 6.99. The minimum absolute atomic E-state index is 0.00157. The SMILES string of the molecule is Cc1ccsc1CNC(=O)CCc1nc(C(C)(C)C)no1. The smallest absolute Gasteiger partial charge is 0.227 e. The van der Waals surface area contributed by atoms with Crippen molar-refractivity contribution < 1.29 is 9.32 Å². The van der Waals surface area contributed by atoms with E-state index in [2.05, 4.69) is 21.5 Å². The average molecular weight is 307 g/mol. The van der Waals surface area contributed by atoms with Crippen LogP contribution in [0.3, 0.4) is 0 Å². The summed E-state index contributed by atoms with van der Waals surface area (Å²) in [6, 6.07) is 2.05. The van der Waals surface area contributed by atoms with Gasteiger partial charge in [-0.25, -0.2) is 0 Å². The molecule has 5 nitrogen and oxygen atoms in total. The molecule has 0 saturated heterocycles. The van der Waals surface area contributed by atoms with E-state index in [0.717, 1.165) is 0 Å². The Morgan fingerprint density at radius 3 is 2.76 bits per heavy atom. The van der Waals surface area contributed by atoms with Crippen molar-refractivity contribution in [3.8, 4) is 0 Å². The van der Waals surface area contributed by atoms with Crippen molar-refractivity contribution in [2.45, 2.75) is 52.5 Å². The van der Waals surface area contributed by atoms with Crippen molar-refractivity contribution in [3.63, 3.8) is 0 Å². The number of hydrogen-bond acceptors (Lipinski definition) is 5. The fourth-order valence-corrected chi connectivity index (χ4v) is 2.58. The molecule has 2 aromatic rings. The molecule has 2 heterocycles. The minimum atomic E-state index is -0.138. The van der Waals surface area contributed by atoms with Crippen LogP contribution >= 0.6 is 11.3 Å². The van der Waals surface area contributed by atoms with Gasteiger partial charge in [-0.1, -0.05) is 25.9 Å². The second-order valence-corrected chi connectivity index (χ2v) is 7.07. The summed E-state index contributed by atoms with van der Waals surface area (Å²) in [6.07, 6.45) is 0.828. The fourth-order valence-electron chi connectivity index (χ4n) is 1.73. The topological polar surface area (TPSA) is 68.0 Å². The van der Waals surface area contributed by atoms with Crippen LogP contribution in [0.5, 0.6) is 0 Å². The number of aromatic nitrogens is 2. The maximum absolute atomic E-state index is 11.8. The summed E-state index contributed by atoms with van der Waals surface area (Å²) >= 11 is 1.66. The number of nitrogens with one attached hydrogen (secondary N) is 1. The normalized spacial score (nSPS) is 11.6. The highest BCUT2D eigenvalue weighted by Crippen LogP contribution is 2.19. The Hall–Kier alpha value is -1.69. The zero-order chi connectivity index (χ0) is 15.5. The monoisotopic (exact) mass is 307 g/mol. The molecule has 0 saturated carbocycles. The summed E-state index contributed by atoms with van der Waals surface area (Å²) in [5, 5.41) is 8.89. The number of amides is 1.